The Balaban J connectivity index is 1.37. The highest BCUT2D eigenvalue weighted by molar-refractivity contribution is 5.73. The summed E-state index contributed by atoms with van der Waals surface area (Å²) >= 11 is 0. The van der Waals surface area contributed by atoms with Gasteiger partial charge in [-0.2, -0.15) is 0 Å². The lowest BCUT2D eigenvalue weighted by atomic mass is 9.90. The van der Waals surface area contributed by atoms with Crippen LogP contribution in [0.15, 0.2) is 42.5 Å². The number of carboxylic acids is 1. The van der Waals surface area contributed by atoms with Gasteiger partial charge in [0.05, 0.1) is 13.2 Å². The maximum Gasteiger partial charge on any atom is 0.317 e. The second-order valence-electron chi connectivity index (χ2n) is 9.94. The van der Waals surface area contributed by atoms with E-state index in [-0.39, 0.29) is 13.1 Å². The Kier molecular flexibility index (Phi) is 8.59. The van der Waals surface area contributed by atoms with Gasteiger partial charge in [-0.05, 0) is 66.5 Å². The van der Waals surface area contributed by atoms with Gasteiger partial charge < -0.3 is 24.6 Å². The molecule has 1 aliphatic carbocycles. The first-order valence-corrected chi connectivity index (χ1v) is 13.5. The van der Waals surface area contributed by atoms with E-state index in [1.54, 1.807) is 6.07 Å². The summed E-state index contributed by atoms with van der Waals surface area (Å²) in [7, 11) is 0. The Hall–Kier alpha value is -4.09. The number of aromatic nitrogens is 2. The van der Waals surface area contributed by atoms with Crippen LogP contribution in [-0.4, -0.2) is 47.6 Å². The quantitative estimate of drug-likeness (QED) is 0.405. The standard InChI is InChI=1S/C31H33N3O5/c1-21-23(8-5-9-26(21)24-11-13-28-30(16-24)38-15-14-37-28)10-12-25-17-29(39-20-22-6-3-2-4-7-22)27(34-33-25)18-32-19-31(35)36/h5,8-9,11,13,16-17,22,32H,2-4,6-7,14-15,18-20H2,1H3,(H,35,36). The van der Waals surface area contributed by atoms with Crippen LogP contribution >= 0.6 is 0 Å². The topological polar surface area (TPSA) is 103 Å². The largest absolute Gasteiger partial charge is 0.491 e. The van der Waals surface area contributed by atoms with E-state index in [0.29, 0.717) is 42.9 Å². The van der Waals surface area contributed by atoms with Crippen molar-refractivity contribution in [3.63, 3.8) is 0 Å². The first kappa shape index (κ1) is 26.5. The van der Waals surface area contributed by atoms with Crippen LogP contribution in [0, 0.1) is 24.7 Å². The van der Waals surface area contributed by atoms with Crippen LogP contribution < -0.4 is 19.5 Å². The number of carboxylic acid groups (broad SMARTS) is 1. The van der Waals surface area contributed by atoms with Gasteiger partial charge in [0.1, 0.15) is 30.4 Å². The van der Waals surface area contributed by atoms with Crippen LogP contribution in [0.5, 0.6) is 17.2 Å². The highest BCUT2D eigenvalue weighted by atomic mass is 16.6. The lowest BCUT2D eigenvalue weighted by Crippen LogP contribution is -2.23. The van der Waals surface area contributed by atoms with Crippen molar-refractivity contribution in [3.8, 4) is 40.2 Å². The van der Waals surface area contributed by atoms with Gasteiger partial charge in [-0.15, -0.1) is 10.2 Å². The fourth-order valence-electron chi connectivity index (χ4n) is 4.98. The number of fused-ring (bicyclic) bond motifs is 1. The molecule has 1 fully saturated rings. The van der Waals surface area contributed by atoms with Crippen molar-refractivity contribution < 1.29 is 24.1 Å². The van der Waals surface area contributed by atoms with Crippen LogP contribution in [0.1, 0.15) is 54.6 Å². The van der Waals surface area contributed by atoms with Crippen LogP contribution in [0.25, 0.3) is 11.1 Å². The molecule has 1 aliphatic heterocycles. The van der Waals surface area contributed by atoms with E-state index in [0.717, 1.165) is 46.6 Å². The van der Waals surface area contributed by atoms with Crippen molar-refractivity contribution in [2.24, 2.45) is 5.92 Å². The molecule has 2 N–H and O–H groups in total. The molecule has 2 aliphatic rings. The molecule has 5 rings (SSSR count). The van der Waals surface area contributed by atoms with E-state index < -0.39 is 5.97 Å². The monoisotopic (exact) mass is 527 g/mol. The molecular weight excluding hydrogens is 494 g/mol. The number of hydrogen-bond acceptors (Lipinski definition) is 7. The average molecular weight is 528 g/mol. The molecule has 0 unspecified atom stereocenters. The summed E-state index contributed by atoms with van der Waals surface area (Å²) in [4.78, 5) is 10.9. The summed E-state index contributed by atoms with van der Waals surface area (Å²) in [6, 6.07) is 13.8. The average Bonchev–Trinajstić information content (AvgIpc) is 2.96. The van der Waals surface area contributed by atoms with Crippen molar-refractivity contribution in [1.29, 1.82) is 0 Å². The van der Waals surface area contributed by atoms with Crippen molar-refractivity contribution in [2.75, 3.05) is 26.4 Å². The zero-order valence-electron chi connectivity index (χ0n) is 22.2. The fourth-order valence-corrected chi connectivity index (χ4v) is 4.98. The molecule has 0 spiro atoms. The molecule has 2 aromatic carbocycles. The molecule has 0 amide bonds. The molecule has 3 aromatic rings. The molecular formula is C31H33N3O5. The maximum atomic E-state index is 10.9. The van der Waals surface area contributed by atoms with Gasteiger partial charge in [-0.25, -0.2) is 0 Å². The maximum absolute atomic E-state index is 10.9. The Morgan fingerprint density at radius 2 is 1.87 bits per heavy atom. The molecule has 39 heavy (non-hydrogen) atoms. The van der Waals surface area contributed by atoms with Gasteiger partial charge in [-0.1, -0.05) is 43.4 Å². The van der Waals surface area contributed by atoms with Crippen LogP contribution in [-0.2, 0) is 11.3 Å². The Morgan fingerprint density at radius 3 is 2.69 bits per heavy atom. The molecule has 0 radical (unpaired) electrons. The predicted molar refractivity (Wildman–Crippen MR) is 147 cm³/mol. The summed E-state index contributed by atoms with van der Waals surface area (Å²) in [5.41, 5.74) is 5.13. The molecule has 1 aromatic heterocycles. The van der Waals surface area contributed by atoms with E-state index >= 15 is 0 Å². The van der Waals surface area contributed by atoms with E-state index in [9.17, 15) is 4.79 Å². The van der Waals surface area contributed by atoms with Gasteiger partial charge in [0.25, 0.3) is 0 Å². The van der Waals surface area contributed by atoms with E-state index in [2.05, 4.69) is 40.3 Å². The van der Waals surface area contributed by atoms with Crippen LogP contribution in [0.3, 0.4) is 0 Å². The first-order chi connectivity index (χ1) is 19.1. The van der Waals surface area contributed by atoms with E-state index in [1.807, 2.05) is 30.3 Å². The summed E-state index contributed by atoms with van der Waals surface area (Å²) in [5, 5.41) is 20.4. The number of nitrogens with one attached hydrogen (secondary N) is 1. The molecule has 2 heterocycles. The van der Waals surface area contributed by atoms with Gasteiger partial charge in [0.15, 0.2) is 11.5 Å². The second kappa shape index (κ2) is 12.6. The highest BCUT2D eigenvalue weighted by Gasteiger charge is 2.17. The number of aliphatic carboxylic acids is 1. The number of ether oxygens (including phenoxy) is 3. The highest BCUT2D eigenvalue weighted by Crippen LogP contribution is 2.36. The Bertz CT molecular complexity index is 1390. The normalized spacial score (nSPS) is 14.8. The van der Waals surface area contributed by atoms with Crippen LogP contribution in [0.4, 0.5) is 0 Å². The second-order valence-corrected chi connectivity index (χ2v) is 9.94. The number of rotatable bonds is 8. The minimum absolute atomic E-state index is 0.162. The summed E-state index contributed by atoms with van der Waals surface area (Å²) in [6.07, 6.45) is 6.08. The molecule has 0 saturated heterocycles. The number of nitrogens with zero attached hydrogens (tertiary/aromatic N) is 2. The van der Waals surface area contributed by atoms with Gasteiger partial charge >= 0.3 is 5.97 Å². The van der Waals surface area contributed by atoms with Crippen molar-refractivity contribution in [2.45, 2.75) is 45.6 Å². The van der Waals surface area contributed by atoms with Crippen molar-refractivity contribution in [3.05, 3.63) is 65.0 Å². The molecule has 0 bridgehead atoms. The fraction of sp³-hybridized carbons (Fsp3) is 0.387. The molecule has 202 valence electrons. The van der Waals surface area contributed by atoms with E-state index in [1.165, 1.54) is 19.3 Å². The van der Waals surface area contributed by atoms with Gasteiger partial charge in [0, 0.05) is 18.2 Å². The SMILES string of the molecule is Cc1c(C#Cc2cc(OCC3CCCCC3)c(CNCC(=O)O)nn2)cccc1-c1ccc2c(c1)OCCO2. The minimum atomic E-state index is -0.927. The van der Waals surface area contributed by atoms with Gasteiger partial charge in [-0.3, -0.25) is 4.79 Å². The van der Waals surface area contributed by atoms with Crippen molar-refractivity contribution in [1.82, 2.24) is 15.5 Å². The van der Waals surface area contributed by atoms with Gasteiger partial charge in [0.2, 0.25) is 0 Å². The Labute approximate surface area is 228 Å². The third-order valence-corrected chi connectivity index (χ3v) is 7.11. The third kappa shape index (κ3) is 6.87. The smallest absolute Gasteiger partial charge is 0.317 e. The zero-order valence-corrected chi connectivity index (χ0v) is 22.2. The lowest BCUT2D eigenvalue weighted by molar-refractivity contribution is -0.136. The zero-order chi connectivity index (χ0) is 27.0. The number of carbonyl (C=O) groups is 1. The lowest BCUT2D eigenvalue weighted by Gasteiger charge is -2.22. The molecule has 1 saturated carbocycles. The molecule has 8 heteroatoms. The van der Waals surface area contributed by atoms with Crippen LogP contribution in [0.2, 0.25) is 0 Å². The predicted octanol–water partition coefficient (Wildman–Crippen LogP) is 4.76. The molecule has 8 nitrogen and oxygen atoms in total. The molecule has 0 atom stereocenters. The first-order valence-electron chi connectivity index (χ1n) is 13.5. The number of hydrogen-bond donors (Lipinski definition) is 2. The Morgan fingerprint density at radius 1 is 1.05 bits per heavy atom. The number of benzene rings is 2. The summed E-state index contributed by atoms with van der Waals surface area (Å²) < 4.78 is 17.6. The van der Waals surface area contributed by atoms with Crippen molar-refractivity contribution >= 4 is 5.97 Å². The third-order valence-electron chi connectivity index (χ3n) is 7.11. The summed E-state index contributed by atoms with van der Waals surface area (Å²) in [6.45, 7) is 3.86. The minimum Gasteiger partial charge on any atom is -0.491 e. The van der Waals surface area contributed by atoms with E-state index in [4.69, 9.17) is 19.3 Å². The summed E-state index contributed by atoms with van der Waals surface area (Å²) in [5.74, 6) is 8.11.